The summed E-state index contributed by atoms with van der Waals surface area (Å²) in [5, 5.41) is 0. The third kappa shape index (κ3) is 5.13. The van der Waals surface area contributed by atoms with Crippen LogP contribution in [0.4, 0.5) is 5.69 Å². The first-order valence-electron chi connectivity index (χ1n) is 7.32. The fourth-order valence-electron chi connectivity index (χ4n) is 2.07. The number of benzene rings is 2. The minimum absolute atomic E-state index is 0.322. The van der Waals surface area contributed by atoms with E-state index >= 15 is 0 Å². The second kappa shape index (κ2) is 8.08. The van der Waals surface area contributed by atoms with Crippen molar-refractivity contribution < 1.29 is 14.3 Å². The smallest absolute Gasteiger partial charge is 0.308 e. The summed E-state index contributed by atoms with van der Waals surface area (Å²) in [4.78, 5) is 13.0. The van der Waals surface area contributed by atoms with E-state index in [-0.39, 0.29) is 5.97 Å². The third-order valence-electron chi connectivity index (χ3n) is 3.19. The Morgan fingerprint density at radius 2 is 1.64 bits per heavy atom. The minimum atomic E-state index is -0.322. The maximum Gasteiger partial charge on any atom is 0.308 e. The molecular formula is C18H21NO3. The molecule has 0 saturated carbocycles. The first-order valence-corrected chi connectivity index (χ1v) is 7.32. The maximum absolute atomic E-state index is 10.8. The summed E-state index contributed by atoms with van der Waals surface area (Å²) in [6, 6.07) is 17.3. The van der Waals surface area contributed by atoms with E-state index < -0.39 is 0 Å². The van der Waals surface area contributed by atoms with Crippen molar-refractivity contribution in [3.63, 3.8) is 0 Å². The second-order valence-corrected chi connectivity index (χ2v) is 5.02. The Morgan fingerprint density at radius 1 is 1.00 bits per heavy atom. The molecule has 0 aliphatic carbocycles. The van der Waals surface area contributed by atoms with Crippen LogP contribution in [0.3, 0.4) is 0 Å². The first-order chi connectivity index (χ1) is 10.6. The molecule has 0 atom stereocenters. The maximum atomic E-state index is 10.8. The molecule has 0 aliphatic rings. The van der Waals surface area contributed by atoms with Gasteiger partial charge in [-0.3, -0.25) is 4.79 Å². The lowest BCUT2D eigenvalue weighted by Crippen LogP contribution is -2.20. The molecule has 0 aromatic heterocycles. The summed E-state index contributed by atoms with van der Waals surface area (Å²) in [6.07, 6.45) is 0.928. The van der Waals surface area contributed by atoms with E-state index in [0.29, 0.717) is 12.4 Å². The van der Waals surface area contributed by atoms with Gasteiger partial charge in [-0.05, 0) is 42.8 Å². The van der Waals surface area contributed by atoms with E-state index in [1.165, 1.54) is 12.6 Å². The fraction of sp³-hybridized carbons (Fsp3) is 0.278. The highest BCUT2D eigenvalue weighted by Gasteiger charge is 2.01. The molecule has 0 radical (unpaired) electrons. The van der Waals surface area contributed by atoms with Crippen LogP contribution in [-0.4, -0.2) is 26.2 Å². The molecule has 0 spiro atoms. The van der Waals surface area contributed by atoms with Gasteiger partial charge in [-0.15, -0.1) is 0 Å². The second-order valence-electron chi connectivity index (χ2n) is 5.02. The Balaban J connectivity index is 1.71. The van der Waals surface area contributed by atoms with Crippen molar-refractivity contribution in [2.45, 2.75) is 13.3 Å². The minimum Gasteiger partial charge on any atom is -0.494 e. The highest BCUT2D eigenvalue weighted by molar-refractivity contribution is 5.69. The SMILES string of the molecule is CC(=O)Oc1ccc(OCCCN(C)c2ccccc2)cc1. The molecule has 116 valence electrons. The first kappa shape index (κ1) is 15.9. The standard InChI is InChI=1S/C18H21NO3/c1-15(20)22-18-11-9-17(10-12-18)21-14-6-13-19(2)16-7-4-3-5-8-16/h3-5,7-12H,6,13-14H2,1-2H3. The monoisotopic (exact) mass is 299 g/mol. The lowest BCUT2D eigenvalue weighted by Gasteiger charge is -2.19. The zero-order valence-corrected chi connectivity index (χ0v) is 13.0. The number of nitrogens with zero attached hydrogens (tertiary/aromatic N) is 1. The van der Waals surface area contributed by atoms with Crippen molar-refractivity contribution in [2.75, 3.05) is 25.1 Å². The molecule has 0 N–H and O–H groups in total. The van der Waals surface area contributed by atoms with Crippen LogP contribution in [0.2, 0.25) is 0 Å². The number of hydrogen-bond donors (Lipinski definition) is 0. The van der Waals surface area contributed by atoms with E-state index in [2.05, 4.69) is 24.1 Å². The van der Waals surface area contributed by atoms with E-state index in [9.17, 15) is 4.79 Å². The number of esters is 1. The highest BCUT2D eigenvalue weighted by Crippen LogP contribution is 2.18. The van der Waals surface area contributed by atoms with Crippen molar-refractivity contribution in [3.05, 3.63) is 54.6 Å². The van der Waals surface area contributed by atoms with Gasteiger partial charge in [-0.2, -0.15) is 0 Å². The average Bonchev–Trinajstić information content (AvgIpc) is 2.53. The van der Waals surface area contributed by atoms with Crippen LogP contribution < -0.4 is 14.4 Å². The molecule has 0 bridgehead atoms. The number of carbonyl (C=O) groups is 1. The Labute approximate surface area is 131 Å². The van der Waals surface area contributed by atoms with Gasteiger partial charge in [0, 0.05) is 26.2 Å². The van der Waals surface area contributed by atoms with Gasteiger partial charge in [0.1, 0.15) is 11.5 Å². The zero-order chi connectivity index (χ0) is 15.8. The van der Waals surface area contributed by atoms with Gasteiger partial charge in [0.25, 0.3) is 0 Å². The van der Waals surface area contributed by atoms with Crippen LogP contribution in [0.25, 0.3) is 0 Å². The van der Waals surface area contributed by atoms with Crippen LogP contribution in [0.15, 0.2) is 54.6 Å². The van der Waals surface area contributed by atoms with Gasteiger partial charge < -0.3 is 14.4 Å². The largest absolute Gasteiger partial charge is 0.494 e. The molecule has 2 aromatic carbocycles. The van der Waals surface area contributed by atoms with Crippen LogP contribution >= 0.6 is 0 Å². The quantitative estimate of drug-likeness (QED) is 0.445. The number of hydrogen-bond acceptors (Lipinski definition) is 4. The van der Waals surface area contributed by atoms with E-state index in [1.807, 2.05) is 18.2 Å². The summed E-state index contributed by atoms with van der Waals surface area (Å²) < 4.78 is 10.7. The van der Waals surface area contributed by atoms with Gasteiger partial charge in [0.05, 0.1) is 6.61 Å². The van der Waals surface area contributed by atoms with Gasteiger partial charge in [-0.25, -0.2) is 0 Å². The van der Waals surface area contributed by atoms with E-state index in [4.69, 9.17) is 9.47 Å². The number of para-hydroxylation sites is 1. The normalized spacial score (nSPS) is 10.1. The number of rotatable bonds is 7. The fourth-order valence-corrected chi connectivity index (χ4v) is 2.07. The third-order valence-corrected chi connectivity index (χ3v) is 3.19. The molecule has 0 aliphatic heterocycles. The summed E-state index contributed by atoms with van der Waals surface area (Å²) in [7, 11) is 2.07. The Bertz CT molecular complexity index is 581. The van der Waals surface area contributed by atoms with Crippen molar-refractivity contribution in [2.24, 2.45) is 0 Å². The summed E-state index contributed by atoms with van der Waals surface area (Å²) >= 11 is 0. The molecule has 22 heavy (non-hydrogen) atoms. The molecule has 0 saturated heterocycles. The van der Waals surface area contributed by atoms with Crippen LogP contribution in [-0.2, 0) is 4.79 Å². The molecule has 2 rings (SSSR count). The molecule has 4 nitrogen and oxygen atoms in total. The predicted molar refractivity (Wildman–Crippen MR) is 87.6 cm³/mol. The van der Waals surface area contributed by atoms with Crippen molar-refractivity contribution in [1.29, 1.82) is 0 Å². The average molecular weight is 299 g/mol. The molecular weight excluding hydrogens is 278 g/mol. The molecule has 0 amide bonds. The molecule has 4 heteroatoms. The molecule has 2 aromatic rings. The van der Waals surface area contributed by atoms with E-state index in [0.717, 1.165) is 18.7 Å². The molecule has 0 heterocycles. The van der Waals surface area contributed by atoms with Crippen LogP contribution in [0.1, 0.15) is 13.3 Å². The van der Waals surface area contributed by atoms with Gasteiger partial charge in [0.2, 0.25) is 0 Å². The molecule has 0 unspecified atom stereocenters. The van der Waals surface area contributed by atoms with E-state index in [1.54, 1.807) is 24.3 Å². The highest BCUT2D eigenvalue weighted by atomic mass is 16.5. The van der Waals surface area contributed by atoms with Gasteiger partial charge >= 0.3 is 5.97 Å². The topological polar surface area (TPSA) is 38.8 Å². The van der Waals surface area contributed by atoms with Crippen LogP contribution in [0, 0.1) is 0 Å². The predicted octanol–water partition coefficient (Wildman–Crippen LogP) is 3.52. The number of anilines is 1. The number of carbonyl (C=O) groups excluding carboxylic acids is 1. The Morgan fingerprint density at radius 3 is 2.27 bits per heavy atom. The summed E-state index contributed by atoms with van der Waals surface area (Å²) in [5.74, 6) is 0.986. The van der Waals surface area contributed by atoms with Gasteiger partial charge in [0.15, 0.2) is 0 Å². The summed E-state index contributed by atoms with van der Waals surface area (Å²) in [6.45, 7) is 2.95. The summed E-state index contributed by atoms with van der Waals surface area (Å²) in [5.41, 5.74) is 1.20. The Hall–Kier alpha value is -2.49. The van der Waals surface area contributed by atoms with Gasteiger partial charge in [-0.1, -0.05) is 18.2 Å². The Kier molecular flexibility index (Phi) is 5.83. The lowest BCUT2D eigenvalue weighted by molar-refractivity contribution is -0.131. The molecule has 0 fully saturated rings. The van der Waals surface area contributed by atoms with Crippen molar-refractivity contribution >= 4 is 11.7 Å². The van der Waals surface area contributed by atoms with Crippen molar-refractivity contribution in [3.8, 4) is 11.5 Å². The van der Waals surface area contributed by atoms with Crippen molar-refractivity contribution in [1.82, 2.24) is 0 Å². The zero-order valence-electron chi connectivity index (χ0n) is 13.0. The number of ether oxygens (including phenoxy) is 2. The lowest BCUT2D eigenvalue weighted by atomic mass is 10.3. The van der Waals surface area contributed by atoms with Crippen LogP contribution in [0.5, 0.6) is 11.5 Å².